The Morgan fingerprint density at radius 3 is 2.65 bits per heavy atom. The molecule has 1 aliphatic heterocycles. The SMILES string of the molecule is C=C/C(=C\C(=C/C)c1ccc2ncn(C)c2c1)OCC(O)CN1Cc2ccccc2C1. The summed E-state index contributed by atoms with van der Waals surface area (Å²) in [6.45, 7) is 8.42. The molecule has 0 radical (unpaired) electrons. The number of aryl methyl sites for hydroxylation is 1. The smallest absolute Gasteiger partial charge is 0.119 e. The summed E-state index contributed by atoms with van der Waals surface area (Å²) in [7, 11) is 1.99. The molecule has 5 heteroatoms. The summed E-state index contributed by atoms with van der Waals surface area (Å²) < 4.78 is 7.91. The van der Waals surface area contributed by atoms with Crippen LogP contribution in [0.1, 0.15) is 23.6 Å². The monoisotopic (exact) mass is 415 g/mol. The Labute approximate surface area is 183 Å². The van der Waals surface area contributed by atoms with Crippen LogP contribution < -0.4 is 0 Å². The van der Waals surface area contributed by atoms with Gasteiger partial charge in [-0.1, -0.05) is 43.0 Å². The molecule has 3 aromatic rings. The van der Waals surface area contributed by atoms with Gasteiger partial charge in [0.05, 0.1) is 17.4 Å². The lowest BCUT2D eigenvalue weighted by Gasteiger charge is -2.20. The van der Waals surface area contributed by atoms with Gasteiger partial charge in [0.25, 0.3) is 0 Å². The molecule has 0 amide bonds. The molecule has 0 aliphatic carbocycles. The van der Waals surface area contributed by atoms with E-state index < -0.39 is 6.10 Å². The van der Waals surface area contributed by atoms with E-state index in [2.05, 4.69) is 52.9 Å². The molecular formula is C26H29N3O2. The normalized spacial score (nSPS) is 15.8. The molecule has 1 N–H and O–H groups in total. The van der Waals surface area contributed by atoms with Crippen molar-refractivity contribution in [3.05, 3.63) is 96.0 Å². The summed E-state index contributed by atoms with van der Waals surface area (Å²) in [5.74, 6) is 0.641. The molecule has 0 fully saturated rings. The van der Waals surface area contributed by atoms with Gasteiger partial charge in [-0.15, -0.1) is 0 Å². The van der Waals surface area contributed by atoms with Crippen molar-refractivity contribution >= 4 is 16.6 Å². The maximum absolute atomic E-state index is 10.5. The number of imidazole rings is 1. The van der Waals surface area contributed by atoms with Crippen molar-refractivity contribution < 1.29 is 9.84 Å². The fraction of sp³-hybridized carbons (Fsp3) is 0.269. The Hall–Kier alpha value is -3.15. The molecule has 0 spiro atoms. The third-order valence-corrected chi connectivity index (χ3v) is 5.69. The predicted molar refractivity (Wildman–Crippen MR) is 125 cm³/mol. The summed E-state index contributed by atoms with van der Waals surface area (Å²) in [5.41, 5.74) is 6.83. The zero-order valence-corrected chi connectivity index (χ0v) is 18.2. The van der Waals surface area contributed by atoms with E-state index in [1.54, 1.807) is 6.08 Å². The van der Waals surface area contributed by atoms with Crippen LogP contribution >= 0.6 is 0 Å². The first-order valence-corrected chi connectivity index (χ1v) is 10.6. The van der Waals surface area contributed by atoms with Crippen molar-refractivity contribution in [2.75, 3.05) is 13.2 Å². The fourth-order valence-corrected chi connectivity index (χ4v) is 4.03. The van der Waals surface area contributed by atoms with Crippen molar-refractivity contribution in [1.29, 1.82) is 0 Å². The molecule has 1 unspecified atom stereocenters. The second-order valence-electron chi connectivity index (χ2n) is 7.96. The number of nitrogens with zero attached hydrogens (tertiary/aromatic N) is 3. The number of aliphatic hydroxyl groups excluding tert-OH is 1. The third-order valence-electron chi connectivity index (χ3n) is 5.69. The van der Waals surface area contributed by atoms with Crippen LogP contribution in [-0.2, 0) is 24.9 Å². The molecular weight excluding hydrogens is 386 g/mol. The van der Waals surface area contributed by atoms with Crippen LogP contribution in [0, 0.1) is 0 Å². The molecule has 1 atom stereocenters. The van der Waals surface area contributed by atoms with Crippen molar-refractivity contribution in [2.24, 2.45) is 7.05 Å². The lowest BCUT2D eigenvalue weighted by Crippen LogP contribution is -2.31. The van der Waals surface area contributed by atoms with Crippen molar-refractivity contribution in [1.82, 2.24) is 14.5 Å². The number of β-amino-alcohol motifs (C(OH)–C–C–N with tert-alkyl or cyclic N) is 1. The Balaban J connectivity index is 1.38. The fourth-order valence-electron chi connectivity index (χ4n) is 4.03. The van der Waals surface area contributed by atoms with Gasteiger partial charge in [-0.2, -0.15) is 0 Å². The number of aliphatic hydroxyl groups is 1. The highest BCUT2D eigenvalue weighted by atomic mass is 16.5. The first-order chi connectivity index (χ1) is 15.1. The topological polar surface area (TPSA) is 50.5 Å². The average molecular weight is 416 g/mol. The van der Waals surface area contributed by atoms with E-state index in [9.17, 15) is 5.11 Å². The summed E-state index contributed by atoms with van der Waals surface area (Å²) in [6.07, 6.45) is 6.94. The number of fused-ring (bicyclic) bond motifs is 2. The van der Waals surface area contributed by atoms with Crippen LogP contribution in [0.2, 0.25) is 0 Å². The first kappa shape index (κ1) is 21.1. The molecule has 2 heterocycles. The second kappa shape index (κ2) is 9.33. The molecule has 2 aromatic carbocycles. The van der Waals surface area contributed by atoms with E-state index in [4.69, 9.17) is 4.74 Å². The highest BCUT2D eigenvalue weighted by Crippen LogP contribution is 2.24. The molecule has 0 bridgehead atoms. The second-order valence-corrected chi connectivity index (χ2v) is 7.96. The zero-order chi connectivity index (χ0) is 21.8. The Morgan fingerprint density at radius 1 is 1.23 bits per heavy atom. The number of allylic oxidation sites excluding steroid dienone is 4. The third kappa shape index (κ3) is 4.79. The lowest BCUT2D eigenvalue weighted by atomic mass is 10.0. The Bertz CT molecular complexity index is 1120. The lowest BCUT2D eigenvalue weighted by molar-refractivity contribution is 0.0450. The summed E-state index contributed by atoms with van der Waals surface area (Å²) in [6, 6.07) is 14.6. The Morgan fingerprint density at radius 2 is 1.97 bits per heavy atom. The van der Waals surface area contributed by atoms with Crippen LogP contribution in [-0.4, -0.2) is 38.8 Å². The van der Waals surface area contributed by atoms with Gasteiger partial charge < -0.3 is 14.4 Å². The number of aromatic nitrogens is 2. The van der Waals surface area contributed by atoms with Crippen LogP contribution in [0.15, 0.2) is 79.4 Å². The molecule has 0 saturated carbocycles. The quantitative estimate of drug-likeness (QED) is 0.437. The Kier molecular flexibility index (Phi) is 6.35. The molecule has 5 nitrogen and oxygen atoms in total. The molecule has 0 saturated heterocycles. The average Bonchev–Trinajstić information content (AvgIpc) is 3.36. The number of ether oxygens (including phenoxy) is 1. The number of hydrogen-bond acceptors (Lipinski definition) is 4. The number of rotatable bonds is 8. The van der Waals surface area contributed by atoms with Gasteiger partial charge >= 0.3 is 0 Å². The van der Waals surface area contributed by atoms with Crippen LogP contribution in [0.25, 0.3) is 16.6 Å². The summed E-state index contributed by atoms with van der Waals surface area (Å²) >= 11 is 0. The van der Waals surface area contributed by atoms with E-state index >= 15 is 0 Å². The van der Waals surface area contributed by atoms with E-state index in [0.717, 1.165) is 35.3 Å². The van der Waals surface area contributed by atoms with Gasteiger partial charge in [0.2, 0.25) is 0 Å². The van der Waals surface area contributed by atoms with E-state index in [1.807, 2.05) is 43.1 Å². The van der Waals surface area contributed by atoms with Crippen LogP contribution in [0.4, 0.5) is 0 Å². The molecule has 31 heavy (non-hydrogen) atoms. The first-order valence-electron chi connectivity index (χ1n) is 10.6. The zero-order valence-electron chi connectivity index (χ0n) is 18.2. The molecule has 160 valence electrons. The maximum atomic E-state index is 10.5. The van der Waals surface area contributed by atoms with Gasteiger partial charge in [0.15, 0.2) is 0 Å². The summed E-state index contributed by atoms with van der Waals surface area (Å²) in [4.78, 5) is 6.63. The van der Waals surface area contributed by atoms with Crippen molar-refractivity contribution in [3.63, 3.8) is 0 Å². The van der Waals surface area contributed by atoms with E-state index in [1.165, 1.54) is 11.1 Å². The predicted octanol–water partition coefficient (Wildman–Crippen LogP) is 4.44. The maximum Gasteiger partial charge on any atom is 0.119 e. The standard InChI is InChI=1S/C26H29N3O2/c1-4-19(20-10-11-25-26(13-20)28(3)18-27-25)12-24(5-2)31-17-23(30)16-29-14-21-8-6-7-9-22(21)15-29/h4-13,18,23,30H,2,14-17H2,1,3H3/b19-4+,24-12+. The molecule has 4 rings (SSSR count). The van der Waals surface area contributed by atoms with Gasteiger partial charge in [-0.25, -0.2) is 4.98 Å². The minimum Gasteiger partial charge on any atom is -0.491 e. The highest BCUT2D eigenvalue weighted by Gasteiger charge is 2.20. The minimum absolute atomic E-state index is 0.225. The van der Waals surface area contributed by atoms with Gasteiger partial charge in [0.1, 0.15) is 18.5 Å². The molecule has 1 aliphatic rings. The highest BCUT2D eigenvalue weighted by molar-refractivity contribution is 5.84. The van der Waals surface area contributed by atoms with Gasteiger partial charge in [-0.3, -0.25) is 4.90 Å². The number of hydrogen-bond donors (Lipinski definition) is 1. The van der Waals surface area contributed by atoms with Crippen molar-refractivity contribution in [2.45, 2.75) is 26.1 Å². The van der Waals surface area contributed by atoms with E-state index in [0.29, 0.717) is 12.3 Å². The van der Waals surface area contributed by atoms with Crippen LogP contribution in [0.3, 0.4) is 0 Å². The van der Waals surface area contributed by atoms with Crippen molar-refractivity contribution in [3.8, 4) is 0 Å². The van der Waals surface area contributed by atoms with E-state index in [-0.39, 0.29) is 6.61 Å². The van der Waals surface area contributed by atoms with Gasteiger partial charge in [-0.05, 0) is 53.5 Å². The largest absolute Gasteiger partial charge is 0.491 e. The number of benzene rings is 2. The molecule has 1 aromatic heterocycles. The van der Waals surface area contributed by atoms with Gasteiger partial charge in [0, 0.05) is 26.7 Å². The minimum atomic E-state index is -0.572. The van der Waals surface area contributed by atoms with Crippen LogP contribution in [0.5, 0.6) is 0 Å². The summed E-state index contributed by atoms with van der Waals surface area (Å²) in [5, 5.41) is 10.5.